The fraction of sp³-hybridized carbons (Fsp3) is 0.700. The molecule has 1 aliphatic rings. The number of hydrogen-bond donors (Lipinski definition) is 3. The fourth-order valence-corrected chi connectivity index (χ4v) is 2.11. The number of hydroxylamine groups is 1. The van der Waals surface area contributed by atoms with Gasteiger partial charge in [0.15, 0.2) is 6.61 Å². The maximum atomic E-state index is 11.6. The van der Waals surface area contributed by atoms with Crippen molar-refractivity contribution in [1.82, 2.24) is 5.48 Å². The minimum atomic E-state index is -0.982. The number of primary amides is 1. The average molecular weight is 244 g/mol. The van der Waals surface area contributed by atoms with Crippen molar-refractivity contribution in [1.29, 1.82) is 0 Å². The van der Waals surface area contributed by atoms with Crippen molar-refractivity contribution in [2.45, 2.75) is 19.8 Å². The number of hydrogen-bond acceptors (Lipinski definition) is 4. The molecule has 0 aromatic heterocycles. The number of carboxylic acids is 1. The van der Waals surface area contributed by atoms with Crippen LogP contribution in [0.4, 0.5) is 0 Å². The van der Waals surface area contributed by atoms with E-state index in [0.29, 0.717) is 12.8 Å². The predicted molar refractivity (Wildman–Crippen MR) is 56.3 cm³/mol. The first-order valence-electron chi connectivity index (χ1n) is 5.34. The van der Waals surface area contributed by atoms with E-state index in [9.17, 15) is 14.4 Å². The number of carbonyl (C=O) groups excluding carboxylic acids is 2. The van der Waals surface area contributed by atoms with Crippen LogP contribution in [0.15, 0.2) is 0 Å². The third-order valence-corrected chi connectivity index (χ3v) is 2.84. The summed E-state index contributed by atoms with van der Waals surface area (Å²) in [5, 5.41) is 8.97. The van der Waals surface area contributed by atoms with Gasteiger partial charge in [-0.15, -0.1) is 0 Å². The van der Waals surface area contributed by atoms with Gasteiger partial charge in [-0.3, -0.25) is 19.2 Å². The molecule has 0 bridgehead atoms. The highest BCUT2D eigenvalue weighted by Gasteiger charge is 2.41. The minimum Gasteiger partial charge on any atom is -0.481 e. The smallest absolute Gasteiger partial charge is 0.307 e. The molecule has 1 fully saturated rings. The van der Waals surface area contributed by atoms with Gasteiger partial charge in [0.2, 0.25) is 11.8 Å². The van der Waals surface area contributed by atoms with E-state index in [4.69, 9.17) is 10.8 Å². The first kappa shape index (κ1) is 13.4. The molecule has 0 aromatic carbocycles. The van der Waals surface area contributed by atoms with Crippen LogP contribution >= 0.6 is 0 Å². The van der Waals surface area contributed by atoms with E-state index in [0.717, 1.165) is 0 Å². The highest BCUT2D eigenvalue weighted by Crippen LogP contribution is 2.36. The Morgan fingerprint density at radius 3 is 2.47 bits per heavy atom. The number of aliphatic carboxylic acids is 1. The van der Waals surface area contributed by atoms with Crippen LogP contribution in [0.3, 0.4) is 0 Å². The van der Waals surface area contributed by atoms with E-state index >= 15 is 0 Å². The SMILES string of the molecule is CC1CC(C(=O)O)C(C(=O)NOCC(N)=O)C1. The second-order valence-corrected chi connectivity index (χ2v) is 4.35. The Morgan fingerprint density at radius 2 is 1.94 bits per heavy atom. The molecule has 0 aromatic rings. The largest absolute Gasteiger partial charge is 0.481 e. The Morgan fingerprint density at radius 1 is 1.35 bits per heavy atom. The number of nitrogens with one attached hydrogen (secondary N) is 1. The fourth-order valence-electron chi connectivity index (χ4n) is 2.11. The maximum Gasteiger partial charge on any atom is 0.307 e. The second-order valence-electron chi connectivity index (χ2n) is 4.35. The lowest BCUT2D eigenvalue weighted by atomic mass is 9.96. The number of amides is 2. The van der Waals surface area contributed by atoms with Crippen molar-refractivity contribution in [2.24, 2.45) is 23.5 Å². The van der Waals surface area contributed by atoms with Crippen LogP contribution in [0.1, 0.15) is 19.8 Å². The Bertz CT molecular complexity index is 331. The van der Waals surface area contributed by atoms with Crippen molar-refractivity contribution in [3.63, 3.8) is 0 Å². The van der Waals surface area contributed by atoms with Gasteiger partial charge in [-0.2, -0.15) is 0 Å². The zero-order chi connectivity index (χ0) is 13.0. The third-order valence-electron chi connectivity index (χ3n) is 2.84. The maximum absolute atomic E-state index is 11.6. The monoisotopic (exact) mass is 244 g/mol. The number of rotatable bonds is 5. The van der Waals surface area contributed by atoms with E-state index in [1.165, 1.54) is 0 Å². The van der Waals surface area contributed by atoms with Crippen LogP contribution in [-0.4, -0.2) is 29.5 Å². The second kappa shape index (κ2) is 5.62. The van der Waals surface area contributed by atoms with Crippen LogP contribution < -0.4 is 11.2 Å². The summed E-state index contributed by atoms with van der Waals surface area (Å²) in [4.78, 5) is 37.5. The molecule has 3 unspecified atom stereocenters. The van der Waals surface area contributed by atoms with Crippen molar-refractivity contribution < 1.29 is 24.3 Å². The van der Waals surface area contributed by atoms with Gasteiger partial charge in [0.05, 0.1) is 11.8 Å². The molecule has 96 valence electrons. The van der Waals surface area contributed by atoms with Crippen LogP contribution in [0, 0.1) is 17.8 Å². The van der Waals surface area contributed by atoms with Crippen LogP contribution in [0.25, 0.3) is 0 Å². The van der Waals surface area contributed by atoms with Gasteiger partial charge >= 0.3 is 5.97 Å². The standard InChI is InChI=1S/C10H16N2O5/c1-5-2-6(7(3-5)10(15)16)9(14)12-17-4-8(11)13/h5-7H,2-4H2,1H3,(H2,11,13)(H,12,14)(H,15,16). The molecule has 7 nitrogen and oxygen atoms in total. The lowest BCUT2D eigenvalue weighted by Gasteiger charge is -2.14. The number of carboxylic acid groups (broad SMARTS) is 1. The Kier molecular flexibility index (Phi) is 4.45. The molecule has 1 rings (SSSR count). The van der Waals surface area contributed by atoms with Crippen LogP contribution in [0.2, 0.25) is 0 Å². The van der Waals surface area contributed by atoms with Crippen molar-refractivity contribution in [3.05, 3.63) is 0 Å². The summed E-state index contributed by atoms with van der Waals surface area (Å²) in [5.74, 6) is -3.33. The van der Waals surface area contributed by atoms with Gasteiger partial charge in [0.1, 0.15) is 0 Å². The quantitative estimate of drug-likeness (QED) is 0.551. The lowest BCUT2D eigenvalue weighted by molar-refractivity contribution is -0.150. The number of nitrogens with two attached hydrogens (primary N) is 1. The average Bonchev–Trinajstić information content (AvgIpc) is 2.59. The molecule has 7 heteroatoms. The zero-order valence-corrected chi connectivity index (χ0v) is 9.51. The summed E-state index contributed by atoms with van der Waals surface area (Å²) in [6.07, 6.45) is 0.978. The van der Waals surface area contributed by atoms with Crippen molar-refractivity contribution in [3.8, 4) is 0 Å². The zero-order valence-electron chi connectivity index (χ0n) is 9.51. The molecule has 2 amide bonds. The highest BCUT2D eigenvalue weighted by molar-refractivity contribution is 5.84. The van der Waals surface area contributed by atoms with Crippen LogP contribution in [0.5, 0.6) is 0 Å². The Hall–Kier alpha value is -1.63. The molecule has 1 aliphatic carbocycles. The summed E-state index contributed by atoms with van der Waals surface area (Å²) in [6, 6.07) is 0. The highest BCUT2D eigenvalue weighted by atomic mass is 16.7. The molecule has 4 N–H and O–H groups in total. The summed E-state index contributed by atoms with van der Waals surface area (Å²) < 4.78 is 0. The Balaban J connectivity index is 2.49. The summed E-state index contributed by atoms with van der Waals surface area (Å²) in [7, 11) is 0. The molecule has 0 saturated heterocycles. The molecule has 0 spiro atoms. The van der Waals surface area contributed by atoms with E-state index < -0.39 is 36.2 Å². The van der Waals surface area contributed by atoms with Crippen molar-refractivity contribution in [2.75, 3.05) is 6.61 Å². The molecule has 0 aliphatic heterocycles. The van der Waals surface area contributed by atoms with E-state index in [1.807, 2.05) is 6.92 Å². The predicted octanol–water partition coefficient (Wildman–Crippen LogP) is -0.734. The van der Waals surface area contributed by atoms with Crippen LogP contribution in [-0.2, 0) is 19.2 Å². The lowest BCUT2D eigenvalue weighted by Crippen LogP contribution is -2.37. The Labute approximate surface area is 98.3 Å². The summed E-state index contributed by atoms with van der Waals surface area (Å²) in [5.41, 5.74) is 6.88. The molecule has 0 heterocycles. The minimum absolute atomic E-state index is 0.183. The summed E-state index contributed by atoms with van der Waals surface area (Å²) >= 11 is 0. The van der Waals surface area contributed by atoms with Gasteiger partial charge in [-0.05, 0) is 18.8 Å². The third kappa shape index (κ3) is 3.70. The molecular weight excluding hydrogens is 228 g/mol. The molecule has 3 atom stereocenters. The van der Waals surface area contributed by atoms with Gasteiger partial charge < -0.3 is 10.8 Å². The van der Waals surface area contributed by atoms with Gasteiger partial charge in [-0.1, -0.05) is 6.92 Å². The van der Waals surface area contributed by atoms with Crippen molar-refractivity contribution >= 4 is 17.8 Å². The van der Waals surface area contributed by atoms with E-state index in [1.54, 1.807) is 0 Å². The van der Waals surface area contributed by atoms with E-state index in [2.05, 4.69) is 10.3 Å². The first-order valence-corrected chi connectivity index (χ1v) is 5.34. The molecular formula is C10H16N2O5. The number of carbonyl (C=O) groups is 3. The normalized spacial score (nSPS) is 27.7. The topological polar surface area (TPSA) is 119 Å². The van der Waals surface area contributed by atoms with Gasteiger partial charge in [0.25, 0.3) is 0 Å². The summed E-state index contributed by atoms with van der Waals surface area (Å²) in [6.45, 7) is 1.47. The van der Waals surface area contributed by atoms with Gasteiger partial charge in [-0.25, -0.2) is 5.48 Å². The molecule has 0 radical (unpaired) electrons. The van der Waals surface area contributed by atoms with Gasteiger partial charge in [0, 0.05) is 0 Å². The van der Waals surface area contributed by atoms with E-state index in [-0.39, 0.29) is 5.92 Å². The molecule has 17 heavy (non-hydrogen) atoms. The molecule has 1 saturated carbocycles. The first-order chi connectivity index (χ1) is 7.91.